The number of alkyl carbamates (subject to hydrolysis) is 1. The van der Waals surface area contributed by atoms with Gasteiger partial charge in [0.05, 0.1) is 11.4 Å². The molecule has 1 N–H and O–H groups in total. The molecule has 0 atom stereocenters. The van der Waals surface area contributed by atoms with Crippen molar-refractivity contribution in [1.82, 2.24) is 10.2 Å². The van der Waals surface area contributed by atoms with Gasteiger partial charge in [-0.25, -0.2) is 9.79 Å². The molecular formula is C20H29N3O3S. The Kier molecular flexibility index (Phi) is 8.16. The Balaban J connectivity index is 1.65. The Morgan fingerprint density at radius 3 is 2.59 bits per heavy atom. The van der Waals surface area contributed by atoms with Crippen molar-refractivity contribution >= 4 is 34.6 Å². The van der Waals surface area contributed by atoms with Gasteiger partial charge in [0.25, 0.3) is 0 Å². The fourth-order valence-corrected chi connectivity index (χ4v) is 3.50. The van der Waals surface area contributed by atoms with Gasteiger partial charge in [-0.3, -0.25) is 9.69 Å². The molecule has 0 aromatic heterocycles. The van der Waals surface area contributed by atoms with Crippen molar-refractivity contribution < 1.29 is 14.3 Å². The van der Waals surface area contributed by atoms with Crippen LogP contribution in [0.25, 0.3) is 0 Å². The highest BCUT2D eigenvalue weighted by Gasteiger charge is 2.27. The quantitative estimate of drug-likeness (QED) is 0.670. The molecule has 0 saturated carbocycles. The SMILES string of the molecule is CC(C)(C)OC(=O)NCCCCCCN1C(=O)CS/C1=N/c1ccccc1. The zero-order valence-electron chi connectivity index (χ0n) is 16.4. The maximum absolute atomic E-state index is 12.1. The molecule has 0 bridgehead atoms. The predicted octanol–water partition coefficient (Wildman–Crippen LogP) is 4.33. The molecule has 1 fully saturated rings. The first-order valence-corrected chi connectivity index (χ1v) is 10.4. The average molecular weight is 392 g/mol. The highest BCUT2D eigenvalue weighted by molar-refractivity contribution is 8.15. The van der Waals surface area contributed by atoms with Gasteiger partial charge in [-0.2, -0.15) is 0 Å². The second-order valence-electron chi connectivity index (χ2n) is 7.41. The largest absolute Gasteiger partial charge is 0.444 e. The van der Waals surface area contributed by atoms with Gasteiger partial charge in [0.2, 0.25) is 5.91 Å². The number of hydrogen-bond donors (Lipinski definition) is 1. The van der Waals surface area contributed by atoms with E-state index in [0.717, 1.165) is 36.5 Å². The zero-order chi connectivity index (χ0) is 19.7. The first-order valence-electron chi connectivity index (χ1n) is 9.39. The van der Waals surface area contributed by atoms with Crippen molar-refractivity contribution in [2.45, 2.75) is 52.1 Å². The van der Waals surface area contributed by atoms with Crippen LogP contribution in [0.15, 0.2) is 35.3 Å². The average Bonchev–Trinajstić information content (AvgIpc) is 2.93. The molecule has 7 heteroatoms. The highest BCUT2D eigenvalue weighted by Crippen LogP contribution is 2.24. The fraction of sp³-hybridized carbons (Fsp3) is 0.550. The first kappa shape index (κ1) is 21.3. The third kappa shape index (κ3) is 8.03. The Labute approximate surface area is 165 Å². The van der Waals surface area contributed by atoms with E-state index >= 15 is 0 Å². The lowest BCUT2D eigenvalue weighted by atomic mass is 10.2. The number of carbonyl (C=O) groups is 2. The second-order valence-corrected chi connectivity index (χ2v) is 8.35. The fourth-order valence-electron chi connectivity index (χ4n) is 2.57. The normalized spacial score (nSPS) is 16.0. The molecule has 6 nitrogen and oxygen atoms in total. The predicted molar refractivity (Wildman–Crippen MR) is 110 cm³/mol. The van der Waals surface area contributed by atoms with Gasteiger partial charge in [0.1, 0.15) is 5.60 Å². The molecule has 1 aliphatic rings. The van der Waals surface area contributed by atoms with Crippen molar-refractivity contribution in [3.8, 4) is 0 Å². The Bertz CT molecular complexity index is 656. The highest BCUT2D eigenvalue weighted by atomic mass is 32.2. The lowest BCUT2D eigenvalue weighted by molar-refractivity contribution is -0.124. The van der Waals surface area contributed by atoms with Gasteiger partial charge >= 0.3 is 6.09 Å². The van der Waals surface area contributed by atoms with Crippen LogP contribution in [0, 0.1) is 0 Å². The van der Waals surface area contributed by atoms with Crippen LogP contribution in [0.1, 0.15) is 46.5 Å². The number of thioether (sulfide) groups is 1. The molecule has 0 aliphatic carbocycles. The molecule has 2 amide bonds. The maximum atomic E-state index is 12.1. The van der Waals surface area contributed by atoms with Gasteiger partial charge in [-0.1, -0.05) is 42.8 Å². The summed E-state index contributed by atoms with van der Waals surface area (Å²) >= 11 is 1.50. The summed E-state index contributed by atoms with van der Waals surface area (Å²) in [4.78, 5) is 30.0. The molecular weight excluding hydrogens is 362 g/mol. The number of nitrogens with zero attached hydrogens (tertiary/aromatic N) is 2. The topological polar surface area (TPSA) is 71.0 Å². The Morgan fingerprint density at radius 1 is 1.19 bits per heavy atom. The number of aliphatic imine (C=N–C) groups is 1. The monoisotopic (exact) mass is 391 g/mol. The van der Waals surface area contributed by atoms with Gasteiger partial charge in [0, 0.05) is 13.1 Å². The number of amides is 2. The molecule has 1 aliphatic heterocycles. The van der Waals surface area contributed by atoms with Gasteiger partial charge in [0.15, 0.2) is 5.17 Å². The van der Waals surface area contributed by atoms with Crippen LogP contribution in [0.5, 0.6) is 0 Å². The number of ether oxygens (including phenoxy) is 1. The number of benzene rings is 1. The molecule has 1 saturated heterocycles. The zero-order valence-corrected chi connectivity index (χ0v) is 17.2. The third-order valence-electron chi connectivity index (χ3n) is 3.81. The summed E-state index contributed by atoms with van der Waals surface area (Å²) in [5.41, 5.74) is 0.400. The van der Waals surface area contributed by atoms with Crippen LogP contribution in [-0.2, 0) is 9.53 Å². The molecule has 0 spiro atoms. The van der Waals surface area contributed by atoms with Crippen molar-refractivity contribution in [2.24, 2.45) is 4.99 Å². The minimum atomic E-state index is -0.469. The molecule has 1 aromatic rings. The summed E-state index contributed by atoms with van der Waals surface area (Å²) < 4.78 is 5.20. The Hall–Kier alpha value is -2.02. The molecule has 0 radical (unpaired) electrons. The number of amidine groups is 1. The molecule has 27 heavy (non-hydrogen) atoms. The van der Waals surface area contributed by atoms with Gasteiger partial charge in [-0.15, -0.1) is 0 Å². The lowest BCUT2D eigenvalue weighted by Gasteiger charge is -2.19. The van der Waals surface area contributed by atoms with Crippen LogP contribution in [0.3, 0.4) is 0 Å². The summed E-state index contributed by atoms with van der Waals surface area (Å²) in [6, 6.07) is 9.71. The van der Waals surface area contributed by atoms with E-state index in [0.29, 0.717) is 18.8 Å². The van der Waals surface area contributed by atoms with Gasteiger partial charge < -0.3 is 10.1 Å². The summed E-state index contributed by atoms with van der Waals surface area (Å²) in [7, 11) is 0. The van der Waals surface area contributed by atoms with E-state index < -0.39 is 5.60 Å². The van der Waals surface area contributed by atoms with Crippen LogP contribution in [-0.4, -0.2) is 46.5 Å². The molecule has 2 rings (SSSR count). The van der Waals surface area contributed by atoms with Crippen LogP contribution >= 0.6 is 11.8 Å². The van der Waals surface area contributed by atoms with E-state index in [2.05, 4.69) is 10.3 Å². The number of para-hydroxylation sites is 1. The standard InChI is InChI=1S/C20H29N3O3S/c1-20(2,3)26-19(25)21-13-9-4-5-10-14-23-17(24)15-27-18(23)22-16-11-7-6-8-12-16/h6-8,11-12H,4-5,9-10,13-15H2,1-3H3,(H,21,25)/b22-18+. The number of hydrogen-bond acceptors (Lipinski definition) is 5. The summed E-state index contributed by atoms with van der Waals surface area (Å²) in [5, 5.41) is 3.55. The van der Waals surface area contributed by atoms with E-state index in [-0.39, 0.29) is 12.0 Å². The summed E-state index contributed by atoms with van der Waals surface area (Å²) in [6.07, 6.45) is 3.45. The summed E-state index contributed by atoms with van der Waals surface area (Å²) in [6.45, 7) is 6.84. The van der Waals surface area contributed by atoms with E-state index in [1.807, 2.05) is 51.1 Å². The van der Waals surface area contributed by atoms with Crippen molar-refractivity contribution in [3.05, 3.63) is 30.3 Å². The van der Waals surface area contributed by atoms with E-state index in [9.17, 15) is 9.59 Å². The van der Waals surface area contributed by atoms with E-state index in [4.69, 9.17) is 4.74 Å². The van der Waals surface area contributed by atoms with Crippen molar-refractivity contribution in [3.63, 3.8) is 0 Å². The van der Waals surface area contributed by atoms with E-state index in [1.54, 1.807) is 4.90 Å². The molecule has 1 heterocycles. The number of carbonyl (C=O) groups excluding carboxylic acids is 2. The minimum Gasteiger partial charge on any atom is -0.444 e. The smallest absolute Gasteiger partial charge is 0.407 e. The van der Waals surface area contributed by atoms with Crippen molar-refractivity contribution in [1.29, 1.82) is 0 Å². The number of nitrogens with one attached hydrogen (secondary N) is 1. The van der Waals surface area contributed by atoms with Crippen LogP contribution in [0.2, 0.25) is 0 Å². The second kappa shape index (κ2) is 10.3. The minimum absolute atomic E-state index is 0.126. The number of rotatable bonds is 8. The number of unbranched alkanes of at least 4 members (excludes halogenated alkanes) is 3. The first-order chi connectivity index (χ1) is 12.8. The maximum Gasteiger partial charge on any atom is 0.407 e. The molecule has 148 valence electrons. The summed E-state index contributed by atoms with van der Waals surface area (Å²) in [5.74, 6) is 0.590. The molecule has 1 aromatic carbocycles. The van der Waals surface area contributed by atoms with Gasteiger partial charge in [-0.05, 0) is 45.7 Å². The van der Waals surface area contributed by atoms with Crippen LogP contribution < -0.4 is 5.32 Å². The third-order valence-corrected chi connectivity index (χ3v) is 4.78. The molecule has 0 unspecified atom stereocenters. The lowest BCUT2D eigenvalue weighted by Crippen LogP contribution is -2.33. The Morgan fingerprint density at radius 2 is 1.89 bits per heavy atom. The van der Waals surface area contributed by atoms with Crippen molar-refractivity contribution in [2.75, 3.05) is 18.8 Å². The van der Waals surface area contributed by atoms with E-state index in [1.165, 1.54) is 11.8 Å². The van der Waals surface area contributed by atoms with Crippen LogP contribution in [0.4, 0.5) is 10.5 Å².